The molecule has 0 aliphatic carbocycles. The standard InChI is InChI=1S/C28H39BN2O4/c1-8-10-24(28(5,6)7)31(27(33)22-16-18(2)15-19(3)17-22)30-26(32)23-13-12-21-11-9-14-29(34)35-25(21)20(23)4/h12-13,15-17,24,34H,8-11,14H2,1-7H3,(H,30,32)/t24-/m1/s1. The number of aryl methyl sites for hydroxylation is 3. The van der Waals surface area contributed by atoms with Gasteiger partial charge in [-0.25, -0.2) is 5.01 Å². The summed E-state index contributed by atoms with van der Waals surface area (Å²) in [7, 11) is -0.884. The fraction of sp³-hybridized carbons (Fsp3) is 0.500. The van der Waals surface area contributed by atoms with Gasteiger partial charge in [0, 0.05) is 16.7 Å². The maximum Gasteiger partial charge on any atom is 0.522 e. The third-order valence-corrected chi connectivity index (χ3v) is 6.67. The maximum atomic E-state index is 13.8. The smallest absolute Gasteiger partial charge is 0.522 e. The van der Waals surface area contributed by atoms with Gasteiger partial charge in [-0.1, -0.05) is 57.4 Å². The summed E-state index contributed by atoms with van der Waals surface area (Å²) in [5.41, 5.74) is 7.34. The Morgan fingerprint density at radius 3 is 2.40 bits per heavy atom. The van der Waals surface area contributed by atoms with E-state index < -0.39 is 7.12 Å². The Morgan fingerprint density at radius 1 is 1.14 bits per heavy atom. The first-order valence-electron chi connectivity index (χ1n) is 12.6. The number of nitrogens with zero attached hydrogens (tertiary/aromatic N) is 1. The Labute approximate surface area is 210 Å². The summed E-state index contributed by atoms with van der Waals surface area (Å²) in [4.78, 5) is 27.4. The quantitative estimate of drug-likeness (QED) is 0.444. The Balaban J connectivity index is 2.01. The number of carbonyl (C=O) groups excluding carboxylic acids is 2. The van der Waals surface area contributed by atoms with Crippen molar-refractivity contribution in [1.82, 2.24) is 10.4 Å². The number of amides is 2. The van der Waals surface area contributed by atoms with E-state index in [4.69, 9.17) is 4.65 Å². The van der Waals surface area contributed by atoms with Gasteiger partial charge < -0.3 is 9.68 Å². The van der Waals surface area contributed by atoms with E-state index in [1.54, 1.807) is 6.07 Å². The Kier molecular flexibility index (Phi) is 8.32. The lowest BCUT2D eigenvalue weighted by Gasteiger charge is -2.40. The van der Waals surface area contributed by atoms with Gasteiger partial charge in [0.25, 0.3) is 11.8 Å². The van der Waals surface area contributed by atoms with E-state index in [0.29, 0.717) is 28.8 Å². The van der Waals surface area contributed by atoms with E-state index in [1.165, 1.54) is 5.01 Å². The molecule has 0 bridgehead atoms. The molecular weight excluding hydrogens is 439 g/mol. The molecule has 0 radical (unpaired) electrons. The van der Waals surface area contributed by atoms with Crippen LogP contribution in [0.5, 0.6) is 5.75 Å². The van der Waals surface area contributed by atoms with Crippen LogP contribution in [0.1, 0.15) is 89.9 Å². The predicted molar refractivity (Wildman–Crippen MR) is 141 cm³/mol. The SMILES string of the molecule is CCC[C@@H](N(NC(=O)c1ccc2c(c1C)OB(O)CCC2)C(=O)c1cc(C)cc(C)c1)C(C)(C)C. The fourth-order valence-electron chi connectivity index (χ4n) is 4.92. The van der Waals surface area contributed by atoms with Crippen LogP contribution in [-0.2, 0) is 6.42 Å². The van der Waals surface area contributed by atoms with Crippen molar-refractivity contribution in [3.05, 3.63) is 63.7 Å². The number of nitrogens with one attached hydrogen (secondary N) is 1. The molecule has 6 nitrogen and oxygen atoms in total. The highest BCUT2D eigenvalue weighted by Crippen LogP contribution is 2.32. The number of hydrogen-bond donors (Lipinski definition) is 2. The highest BCUT2D eigenvalue weighted by Gasteiger charge is 2.35. The molecule has 0 unspecified atom stereocenters. The van der Waals surface area contributed by atoms with Gasteiger partial charge in [-0.2, -0.15) is 0 Å². The lowest BCUT2D eigenvalue weighted by atomic mass is 9.83. The monoisotopic (exact) mass is 478 g/mol. The first-order valence-corrected chi connectivity index (χ1v) is 12.6. The van der Waals surface area contributed by atoms with Crippen LogP contribution in [0.3, 0.4) is 0 Å². The Hall–Kier alpha value is -2.80. The Bertz CT molecular complexity index is 1070. The molecule has 188 valence electrons. The minimum atomic E-state index is -0.884. The molecule has 1 heterocycles. The van der Waals surface area contributed by atoms with Gasteiger partial charge in [0.05, 0.1) is 6.04 Å². The van der Waals surface area contributed by atoms with Crippen LogP contribution in [0, 0.1) is 26.2 Å². The van der Waals surface area contributed by atoms with E-state index in [0.717, 1.165) is 42.4 Å². The van der Waals surface area contributed by atoms with Crippen LogP contribution in [0.4, 0.5) is 0 Å². The fourth-order valence-corrected chi connectivity index (χ4v) is 4.92. The number of benzene rings is 2. The molecule has 0 saturated carbocycles. The zero-order valence-corrected chi connectivity index (χ0v) is 22.2. The summed E-state index contributed by atoms with van der Waals surface area (Å²) < 4.78 is 5.76. The molecule has 2 aromatic rings. The van der Waals surface area contributed by atoms with Crippen molar-refractivity contribution >= 4 is 18.9 Å². The summed E-state index contributed by atoms with van der Waals surface area (Å²) in [5, 5.41) is 11.7. The van der Waals surface area contributed by atoms with E-state index in [-0.39, 0.29) is 23.3 Å². The lowest BCUT2D eigenvalue weighted by Crippen LogP contribution is -2.56. The number of fused-ring (bicyclic) bond motifs is 1. The van der Waals surface area contributed by atoms with Crippen LogP contribution < -0.4 is 10.1 Å². The van der Waals surface area contributed by atoms with E-state index in [2.05, 4.69) is 33.1 Å². The molecule has 7 heteroatoms. The molecule has 0 saturated heterocycles. The van der Waals surface area contributed by atoms with Crippen molar-refractivity contribution in [2.24, 2.45) is 5.41 Å². The molecule has 1 aliphatic rings. The van der Waals surface area contributed by atoms with E-state index in [1.807, 2.05) is 45.0 Å². The second-order valence-corrected chi connectivity index (χ2v) is 10.9. The number of hydrazine groups is 1. The van der Waals surface area contributed by atoms with Crippen molar-refractivity contribution < 1.29 is 19.3 Å². The van der Waals surface area contributed by atoms with Crippen LogP contribution in [0.15, 0.2) is 30.3 Å². The van der Waals surface area contributed by atoms with Gasteiger partial charge in [-0.3, -0.25) is 15.0 Å². The molecule has 0 fully saturated rings. The van der Waals surface area contributed by atoms with Crippen LogP contribution in [0.2, 0.25) is 6.32 Å². The molecule has 35 heavy (non-hydrogen) atoms. The molecule has 2 aromatic carbocycles. The van der Waals surface area contributed by atoms with Gasteiger partial charge in [0.1, 0.15) is 5.75 Å². The molecule has 1 aliphatic heterocycles. The normalized spacial score (nSPS) is 14.5. The summed E-state index contributed by atoms with van der Waals surface area (Å²) in [5.74, 6) is -0.0240. The first kappa shape index (κ1) is 26.8. The van der Waals surface area contributed by atoms with E-state index in [9.17, 15) is 14.6 Å². The lowest BCUT2D eigenvalue weighted by molar-refractivity contribution is 0.0270. The zero-order valence-electron chi connectivity index (χ0n) is 22.2. The van der Waals surface area contributed by atoms with Gasteiger partial charge in [-0.15, -0.1) is 0 Å². The number of hydrogen-bond acceptors (Lipinski definition) is 4. The zero-order chi connectivity index (χ0) is 25.9. The molecule has 2 amide bonds. The molecule has 0 aromatic heterocycles. The van der Waals surface area contributed by atoms with Crippen molar-refractivity contribution in [3.63, 3.8) is 0 Å². The Morgan fingerprint density at radius 2 is 1.80 bits per heavy atom. The summed E-state index contributed by atoms with van der Waals surface area (Å²) >= 11 is 0. The average Bonchev–Trinajstić information content (AvgIpc) is 2.95. The maximum absolute atomic E-state index is 13.8. The third-order valence-electron chi connectivity index (χ3n) is 6.67. The van der Waals surface area contributed by atoms with Crippen molar-refractivity contribution in [1.29, 1.82) is 0 Å². The predicted octanol–water partition coefficient (Wildman–Crippen LogP) is 5.42. The second kappa shape index (κ2) is 10.9. The van der Waals surface area contributed by atoms with Gasteiger partial charge in [0.15, 0.2) is 0 Å². The highest BCUT2D eigenvalue weighted by molar-refractivity contribution is 6.43. The van der Waals surface area contributed by atoms with Crippen molar-refractivity contribution in [2.45, 2.75) is 86.5 Å². The third kappa shape index (κ3) is 6.26. The number of carbonyl (C=O) groups is 2. The van der Waals surface area contributed by atoms with E-state index >= 15 is 0 Å². The molecular formula is C28H39BN2O4. The highest BCUT2D eigenvalue weighted by atomic mass is 16.5. The van der Waals surface area contributed by atoms with Crippen LogP contribution in [-0.4, -0.2) is 35.0 Å². The largest absolute Gasteiger partial charge is 0.536 e. The van der Waals surface area contributed by atoms with Crippen LogP contribution in [0.25, 0.3) is 0 Å². The number of rotatable bonds is 5. The summed E-state index contributed by atoms with van der Waals surface area (Å²) in [6, 6.07) is 9.23. The van der Waals surface area contributed by atoms with Gasteiger partial charge in [0.2, 0.25) is 0 Å². The minimum absolute atomic E-state index is 0.205. The molecule has 1 atom stereocenters. The minimum Gasteiger partial charge on any atom is -0.536 e. The summed E-state index contributed by atoms with van der Waals surface area (Å²) in [6.45, 7) is 14.1. The van der Waals surface area contributed by atoms with Crippen molar-refractivity contribution in [3.8, 4) is 5.75 Å². The average molecular weight is 478 g/mol. The van der Waals surface area contributed by atoms with Gasteiger partial charge in [-0.05, 0) is 75.5 Å². The topological polar surface area (TPSA) is 78.9 Å². The molecule has 0 spiro atoms. The summed E-state index contributed by atoms with van der Waals surface area (Å²) in [6.07, 6.45) is 3.78. The van der Waals surface area contributed by atoms with Gasteiger partial charge >= 0.3 is 7.12 Å². The molecule has 2 N–H and O–H groups in total. The first-order chi connectivity index (χ1) is 16.4. The van der Waals surface area contributed by atoms with Crippen LogP contribution >= 0.6 is 0 Å². The molecule has 3 rings (SSSR count). The second-order valence-electron chi connectivity index (χ2n) is 10.9. The van der Waals surface area contributed by atoms with Crippen molar-refractivity contribution in [2.75, 3.05) is 0 Å².